The van der Waals surface area contributed by atoms with Crippen molar-refractivity contribution in [2.24, 2.45) is 0 Å². The Hall–Kier alpha value is -3.98. The summed E-state index contributed by atoms with van der Waals surface area (Å²) in [4.78, 5) is 54.3. The van der Waals surface area contributed by atoms with E-state index in [9.17, 15) is 19.2 Å². The molecule has 0 saturated carbocycles. The molecule has 0 fully saturated rings. The Bertz CT molecular complexity index is 1300. The molecule has 2 aromatic carbocycles. The van der Waals surface area contributed by atoms with E-state index in [4.69, 9.17) is 13.9 Å². The van der Waals surface area contributed by atoms with Crippen LogP contribution in [0.3, 0.4) is 0 Å². The lowest BCUT2D eigenvalue weighted by atomic mass is 10.1. The summed E-state index contributed by atoms with van der Waals surface area (Å²) in [5.74, 6) is -1.18. The van der Waals surface area contributed by atoms with Gasteiger partial charge in [-0.15, -0.1) is 0 Å². The average Bonchev–Trinajstić information content (AvgIpc) is 2.91. The fraction of sp³-hybridized carbons (Fsp3) is 0.379. The number of carbonyl (C=O) groups is 3. The Kier molecular flexibility index (Phi) is 10.6. The summed E-state index contributed by atoms with van der Waals surface area (Å²) in [6.07, 6.45) is 1.23. The van der Waals surface area contributed by atoms with Crippen LogP contribution in [0.2, 0.25) is 0 Å². The zero-order valence-corrected chi connectivity index (χ0v) is 22.1. The third-order valence-electron chi connectivity index (χ3n) is 6.02. The molecule has 1 heterocycles. The van der Waals surface area contributed by atoms with Gasteiger partial charge in [0.1, 0.15) is 5.58 Å². The van der Waals surface area contributed by atoms with Crippen LogP contribution in [0, 0.1) is 6.92 Å². The second-order valence-corrected chi connectivity index (χ2v) is 8.94. The van der Waals surface area contributed by atoms with Crippen LogP contribution < -0.4 is 5.43 Å². The third kappa shape index (κ3) is 8.01. The van der Waals surface area contributed by atoms with Gasteiger partial charge in [0.25, 0.3) is 0 Å². The summed E-state index contributed by atoms with van der Waals surface area (Å²) < 4.78 is 15.7. The van der Waals surface area contributed by atoms with E-state index in [-0.39, 0.29) is 69.5 Å². The zero-order valence-electron chi connectivity index (χ0n) is 22.1. The Labute approximate surface area is 221 Å². The van der Waals surface area contributed by atoms with E-state index in [0.717, 1.165) is 11.1 Å². The van der Waals surface area contributed by atoms with Crippen molar-refractivity contribution in [1.29, 1.82) is 0 Å². The summed E-state index contributed by atoms with van der Waals surface area (Å²) >= 11 is 0. The van der Waals surface area contributed by atoms with Crippen LogP contribution in [-0.2, 0) is 36.9 Å². The first kappa shape index (κ1) is 28.6. The van der Waals surface area contributed by atoms with E-state index in [1.54, 1.807) is 19.1 Å². The van der Waals surface area contributed by atoms with Crippen molar-refractivity contribution in [3.8, 4) is 0 Å². The lowest BCUT2D eigenvalue weighted by Crippen LogP contribution is -2.44. The highest BCUT2D eigenvalue weighted by atomic mass is 16.5. The van der Waals surface area contributed by atoms with Crippen LogP contribution in [-0.4, -0.2) is 61.0 Å². The number of esters is 1. The Balaban J connectivity index is 1.84. The number of rotatable bonds is 13. The molecule has 0 N–H and O–H groups in total. The highest BCUT2D eigenvalue weighted by molar-refractivity contribution is 5.86. The van der Waals surface area contributed by atoms with Gasteiger partial charge in [-0.25, -0.2) is 0 Å². The number of benzene rings is 2. The fourth-order valence-electron chi connectivity index (χ4n) is 3.99. The number of ether oxygens (including phenoxy) is 2. The summed E-state index contributed by atoms with van der Waals surface area (Å²) in [5, 5.41) is 0.450. The monoisotopic (exact) mass is 522 g/mol. The lowest BCUT2D eigenvalue weighted by Gasteiger charge is -2.28. The van der Waals surface area contributed by atoms with Crippen molar-refractivity contribution in [2.75, 3.05) is 33.4 Å². The predicted molar refractivity (Wildman–Crippen MR) is 142 cm³/mol. The van der Waals surface area contributed by atoms with Crippen molar-refractivity contribution in [1.82, 2.24) is 9.80 Å². The maximum absolute atomic E-state index is 13.6. The summed E-state index contributed by atoms with van der Waals surface area (Å²) in [7, 11) is 1.51. The van der Waals surface area contributed by atoms with E-state index in [2.05, 4.69) is 0 Å². The van der Waals surface area contributed by atoms with E-state index in [1.165, 1.54) is 23.2 Å². The number of hydrogen-bond acceptors (Lipinski definition) is 7. The molecule has 0 bridgehead atoms. The minimum atomic E-state index is -0.470. The van der Waals surface area contributed by atoms with Crippen molar-refractivity contribution >= 4 is 28.8 Å². The topological polar surface area (TPSA) is 106 Å². The minimum Gasteiger partial charge on any atom is -0.466 e. The molecule has 0 atom stereocenters. The number of nitrogens with zero attached hydrogens (tertiary/aromatic N) is 2. The van der Waals surface area contributed by atoms with Crippen molar-refractivity contribution in [3.63, 3.8) is 0 Å². The van der Waals surface area contributed by atoms with E-state index in [0.29, 0.717) is 16.5 Å². The molecule has 9 heteroatoms. The Morgan fingerprint density at radius 3 is 2.42 bits per heavy atom. The highest BCUT2D eigenvalue weighted by Crippen LogP contribution is 2.16. The second-order valence-electron chi connectivity index (χ2n) is 8.94. The first-order valence-corrected chi connectivity index (χ1v) is 12.6. The summed E-state index contributed by atoms with van der Waals surface area (Å²) in [6, 6.07) is 14.8. The SMILES string of the molecule is CCOC(=O)CCC(=O)N(CCOC)CC(=O)N(Cc1ccccc1)Cc1coc2ccc(C)cc2c1=O. The van der Waals surface area contributed by atoms with Gasteiger partial charge in [-0.2, -0.15) is 0 Å². The minimum absolute atomic E-state index is 0.00900. The molecule has 0 saturated heterocycles. The maximum atomic E-state index is 13.6. The number of hydrogen-bond donors (Lipinski definition) is 0. The molecule has 0 aliphatic rings. The molecule has 1 aromatic heterocycles. The number of methoxy groups -OCH3 is 1. The van der Waals surface area contributed by atoms with Crippen LogP contribution in [0.1, 0.15) is 36.5 Å². The van der Waals surface area contributed by atoms with E-state index < -0.39 is 5.97 Å². The maximum Gasteiger partial charge on any atom is 0.306 e. The standard InChI is InChI=1S/C29H34N2O7/c1-4-37-28(34)13-12-26(32)30(14-15-36-3)19-27(33)31(17-22-8-6-5-7-9-22)18-23-20-38-25-11-10-21(2)16-24(25)29(23)35/h5-11,16,20H,4,12-15,17-19H2,1-3H3. The molecule has 0 aliphatic heterocycles. The molecular weight excluding hydrogens is 488 g/mol. The number of carbonyl (C=O) groups excluding carboxylic acids is 3. The van der Waals surface area contributed by atoms with Gasteiger partial charge in [-0.05, 0) is 31.5 Å². The van der Waals surface area contributed by atoms with Crippen molar-refractivity contribution in [2.45, 2.75) is 39.8 Å². The molecule has 3 aromatic rings. The van der Waals surface area contributed by atoms with Crippen LogP contribution in [0.25, 0.3) is 11.0 Å². The number of aryl methyl sites for hydroxylation is 1. The molecule has 0 unspecified atom stereocenters. The molecule has 3 rings (SSSR count). The molecule has 0 aliphatic carbocycles. The molecule has 38 heavy (non-hydrogen) atoms. The summed E-state index contributed by atoms with van der Waals surface area (Å²) in [6.45, 7) is 4.25. The average molecular weight is 523 g/mol. The molecule has 9 nitrogen and oxygen atoms in total. The second kappa shape index (κ2) is 14.1. The first-order chi connectivity index (χ1) is 18.3. The molecule has 0 radical (unpaired) electrons. The fourth-order valence-corrected chi connectivity index (χ4v) is 3.99. The van der Waals surface area contributed by atoms with Gasteiger partial charge < -0.3 is 23.7 Å². The van der Waals surface area contributed by atoms with E-state index in [1.807, 2.05) is 43.3 Å². The van der Waals surface area contributed by atoms with Gasteiger partial charge >= 0.3 is 5.97 Å². The zero-order chi connectivity index (χ0) is 27.5. The van der Waals surface area contributed by atoms with Crippen molar-refractivity contribution < 1.29 is 28.3 Å². The third-order valence-corrected chi connectivity index (χ3v) is 6.02. The smallest absolute Gasteiger partial charge is 0.306 e. The molecule has 202 valence electrons. The number of amides is 2. The van der Waals surface area contributed by atoms with Gasteiger partial charge in [0, 0.05) is 26.6 Å². The molecule has 2 amide bonds. The van der Waals surface area contributed by atoms with Gasteiger partial charge in [0.15, 0.2) is 5.43 Å². The van der Waals surface area contributed by atoms with Crippen LogP contribution in [0.15, 0.2) is 64.0 Å². The largest absolute Gasteiger partial charge is 0.466 e. The molecule has 0 spiro atoms. The van der Waals surface area contributed by atoms with Crippen LogP contribution in [0.4, 0.5) is 0 Å². The van der Waals surface area contributed by atoms with Crippen LogP contribution >= 0.6 is 0 Å². The normalized spacial score (nSPS) is 10.8. The number of fused-ring (bicyclic) bond motifs is 1. The van der Waals surface area contributed by atoms with Gasteiger partial charge in [0.2, 0.25) is 11.8 Å². The lowest BCUT2D eigenvalue weighted by molar-refractivity contribution is -0.146. The highest BCUT2D eigenvalue weighted by Gasteiger charge is 2.23. The quantitative estimate of drug-likeness (QED) is 0.317. The van der Waals surface area contributed by atoms with Gasteiger partial charge in [-0.3, -0.25) is 19.2 Å². The van der Waals surface area contributed by atoms with Gasteiger partial charge in [-0.1, -0.05) is 42.0 Å². The van der Waals surface area contributed by atoms with Crippen LogP contribution in [0.5, 0.6) is 0 Å². The van der Waals surface area contributed by atoms with Crippen molar-refractivity contribution in [3.05, 3.63) is 81.7 Å². The molecular formula is C29H34N2O7. The Morgan fingerprint density at radius 2 is 1.71 bits per heavy atom. The summed E-state index contributed by atoms with van der Waals surface area (Å²) in [5.41, 5.74) is 2.41. The predicted octanol–water partition coefficient (Wildman–Crippen LogP) is 3.45. The Morgan fingerprint density at radius 1 is 0.947 bits per heavy atom. The van der Waals surface area contributed by atoms with Gasteiger partial charge in [0.05, 0.1) is 49.9 Å². The first-order valence-electron chi connectivity index (χ1n) is 12.6. The van der Waals surface area contributed by atoms with E-state index >= 15 is 0 Å².